The summed E-state index contributed by atoms with van der Waals surface area (Å²) >= 11 is 0. The normalized spacial score (nSPS) is 19.3. The van der Waals surface area contributed by atoms with Gasteiger partial charge >= 0.3 is 0 Å². The SMILES string of the molecule is CC1(CNC(=O)c2cn[nH]c2)CCOCC1. The Hall–Kier alpha value is -1.36. The van der Waals surface area contributed by atoms with Crippen LogP contribution in [0.2, 0.25) is 0 Å². The van der Waals surface area contributed by atoms with Crippen molar-refractivity contribution in [3.63, 3.8) is 0 Å². The minimum absolute atomic E-state index is 0.0681. The van der Waals surface area contributed by atoms with Gasteiger partial charge < -0.3 is 10.1 Å². The van der Waals surface area contributed by atoms with Gasteiger partial charge in [-0.3, -0.25) is 9.89 Å². The minimum Gasteiger partial charge on any atom is -0.381 e. The summed E-state index contributed by atoms with van der Waals surface area (Å²) in [5.41, 5.74) is 0.744. The predicted octanol–water partition coefficient (Wildman–Crippen LogP) is 0.956. The number of H-pyrrole nitrogens is 1. The Morgan fingerprint density at radius 2 is 2.38 bits per heavy atom. The highest BCUT2D eigenvalue weighted by atomic mass is 16.5. The maximum atomic E-state index is 11.7. The van der Waals surface area contributed by atoms with Crippen molar-refractivity contribution < 1.29 is 9.53 Å². The summed E-state index contributed by atoms with van der Waals surface area (Å²) in [5.74, 6) is -0.0681. The molecule has 1 fully saturated rings. The third-order valence-corrected chi connectivity index (χ3v) is 3.14. The van der Waals surface area contributed by atoms with Crippen LogP contribution >= 0.6 is 0 Å². The minimum atomic E-state index is -0.0681. The molecule has 1 aliphatic heterocycles. The van der Waals surface area contributed by atoms with Crippen molar-refractivity contribution in [2.24, 2.45) is 5.41 Å². The molecule has 2 heterocycles. The summed E-state index contributed by atoms with van der Waals surface area (Å²) < 4.78 is 5.32. The second-order valence-electron chi connectivity index (χ2n) is 4.59. The number of nitrogens with zero attached hydrogens (tertiary/aromatic N) is 1. The molecule has 88 valence electrons. The second kappa shape index (κ2) is 4.65. The third kappa shape index (κ3) is 2.61. The lowest BCUT2D eigenvalue weighted by molar-refractivity contribution is 0.0238. The number of hydrogen-bond donors (Lipinski definition) is 2. The fraction of sp³-hybridized carbons (Fsp3) is 0.636. The van der Waals surface area contributed by atoms with Crippen molar-refractivity contribution in [3.8, 4) is 0 Å². The topological polar surface area (TPSA) is 67.0 Å². The van der Waals surface area contributed by atoms with Crippen LogP contribution in [0.1, 0.15) is 30.1 Å². The monoisotopic (exact) mass is 223 g/mol. The zero-order valence-electron chi connectivity index (χ0n) is 9.45. The van der Waals surface area contributed by atoms with Gasteiger partial charge in [-0.1, -0.05) is 6.92 Å². The summed E-state index contributed by atoms with van der Waals surface area (Å²) in [6, 6.07) is 0. The van der Waals surface area contributed by atoms with Gasteiger partial charge in [-0.2, -0.15) is 5.10 Å². The number of aromatic nitrogens is 2. The molecule has 0 aliphatic carbocycles. The first-order chi connectivity index (χ1) is 7.70. The first-order valence-electron chi connectivity index (χ1n) is 5.54. The average molecular weight is 223 g/mol. The molecule has 0 unspecified atom stereocenters. The number of amides is 1. The molecule has 0 aromatic carbocycles. The predicted molar refractivity (Wildman–Crippen MR) is 59.1 cm³/mol. The fourth-order valence-electron chi connectivity index (χ4n) is 1.81. The molecule has 0 saturated carbocycles. The standard InChI is InChI=1S/C11H17N3O2/c1-11(2-4-16-5-3-11)8-12-10(15)9-6-13-14-7-9/h6-7H,2-5,8H2,1H3,(H,12,15)(H,13,14). The van der Waals surface area contributed by atoms with Crippen LogP contribution < -0.4 is 5.32 Å². The third-order valence-electron chi connectivity index (χ3n) is 3.14. The first-order valence-corrected chi connectivity index (χ1v) is 5.54. The molecule has 1 aromatic rings. The summed E-state index contributed by atoms with van der Waals surface area (Å²) in [5, 5.41) is 9.32. The van der Waals surface area contributed by atoms with Crippen LogP contribution in [0.4, 0.5) is 0 Å². The molecule has 0 radical (unpaired) electrons. The quantitative estimate of drug-likeness (QED) is 0.802. The Kier molecular flexibility index (Phi) is 3.24. The van der Waals surface area contributed by atoms with Gasteiger partial charge in [0, 0.05) is 26.0 Å². The summed E-state index contributed by atoms with van der Waals surface area (Å²) in [6.07, 6.45) is 5.13. The number of hydrogen-bond acceptors (Lipinski definition) is 3. The van der Waals surface area contributed by atoms with E-state index in [1.54, 1.807) is 6.20 Å². The van der Waals surface area contributed by atoms with E-state index in [-0.39, 0.29) is 11.3 Å². The van der Waals surface area contributed by atoms with Crippen LogP contribution in [0.3, 0.4) is 0 Å². The Morgan fingerprint density at radius 1 is 1.62 bits per heavy atom. The van der Waals surface area contributed by atoms with Crippen LogP contribution in [0.5, 0.6) is 0 Å². The first kappa shape index (κ1) is 11.1. The molecule has 5 heteroatoms. The number of carbonyl (C=O) groups is 1. The Morgan fingerprint density at radius 3 is 3.00 bits per heavy atom. The molecule has 2 N–H and O–H groups in total. The van der Waals surface area contributed by atoms with Crippen molar-refractivity contribution in [1.82, 2.24) is 15.5 Å². The van der Waals surface area contributed by atoms with Gasteiger partial charge in [0.2, 0.25) is 0 Å². The van der Waals surface area contributed by atoms with E-state index >= 15 is 0 Å². The molecule has 2 rings (SSSR count). The van der Waals surface area contributed by atoms with E-state index in [2.05, 4.69) is 22.4 Å². The number of nitrogens with one attached hydrogen (secondary N) is 2. The van der Waals surface area contributed by atoms with Gasteiger partial charge in [0.05, 0.1) is 11.8 Å². The summed E-state index contributed by atoms with van der Waals surface area (Å²) in [6.45, 7) is 4.46. The fourth-order valence-corrected chi connectivity index (χ4v) is 1.81. The van der Waals surface area contributed by atoms with Gasteiger partial charge in [-0.05, 0) is 18.3 Å². The van der Waals surface area contributed by atoms with Gasteiger partial charge in [0.15, 0.2) is 0 Å². The van der Waals surface area contributed by atoms with E-state index in [1.165, 1.54) is 6.20 Å². The van der Waals surface area contributed by atoms with Crippen LogP contribution in [-0.2, 0) is 4.74 Å². The van der Waals surface area contributed by atoms with Crippen molar-refractivity contribution in [3.05, 3.63) is 18.0 Å². The van der Waals surface area contributed by atoms with Crippen LogP contribution in [0.25, 0.3) is 0 Å². The van der Waals surface area contributed by atoms with E-state index in [4.69, 9.17) is 4.74 Å². The molecule has 5 nitrogen and oxygen atoms in total. The maximum absolute atomic E-state index is 11.7. The molecule has 1 saturated heterocycles. The van der Waals surface area contributed by atoms with Gasteiger partial charge in [0.25, 0.3) is 5.91 Å². The maximum Gasteiger partial charge on any atom is 0.254 e. The molecular weight excluding hydrogens is 206 g/mol. The Balaban J connectivity index is 1.84. The van der Waals surface area contributed by atoms with Gasteiger partial charge in [-0.25, -0.2) is 0 Å². The number of aromatic amines is 1. The van der Waals surface area contributed by atoms with E-state index in [0.29, 0.717) is 12.1 Å². The van der Waals surface area contributed by atoms with Crippen molar-refractivity contribution >= 4 is 5.91 Å². The van der Waals surface area contributed by atoms with E-state index in [9.17, 15) is 4.79 Å². The molecule has 0 spiro atoms. The van der Waals surface area contributed by atoms with Crippen LogP contribution in [0, 0.1) is 5.41 Å². The van der Waals surface area contributed by atoms with Crippen molar-refractivity contribution in [2.45, 2.75) is 19.8 Å². The molecule has 0 bridgehead atoms. The zero-order valence-corrected chi connectivity index (χ0v) is 9.45. The van der Waals surface area contributed by atoms with Crippen molar-refractivity contribution in [2.75, 3.05) is 19.8 Å². The Labute approximate surface area is 94.6 Å². The lowest BCUT2D eigenvalue weighted by Gasteiger charge is -2.33. The van der Waals surface area contributed by atoms with Crippen LogP contribution in [0.15, 0.2) is 12.4 Å². The highest BCUT2D eigenvalue weighted by Gasteiger charge is 2.27. The largest absolute Gasteiger partial charge is 0.381 e. The number of rotatable bonds is 3. The molecule has 1 aliphatic rings. The Bertz CT molecular complexity index is 342. The highest BCUT2D eigenvalue weighted by Crippen LogP contribution is 2.28. The zero-order chi connectivity index (χ0) is 11.4. The molecule has 16 heavy (non-hydrogen) atoms. The second-order valence-corrected chi connectivity index (χ2v) is 4.59. The smallest absolute Gasteiger partial charge is 0.254 e. The van der Waals surface area contributed by atoms with Crippen LogP contribution in [-0.4, -0.2) is 35.9 Å². The summed E-state index contributed by atoms with van der Waals surface area (Å²) in [4.78, 5) is 11.7. The summed E-state index contributed by atoms with van der Waals surface area (Å²) in [7, 11) is 0. The average Bonchev–Trinajstić information content (AvgIpc) is 2.80. The number of ether oxygens (including phenoxy) is 1. The van der Waals surface area contributed by atoms with Crippen molar-refractivity contribution in [1.29, 1.82) is 0 Å². The van der Waals surface area contributed by atoms with Gasteiger partial charge in [-0.15, -0.1) is 0 Å². The lowest BCUT2D eigenvalue weighted by Crippen LogP contribution is -2.39. The van der Waals surface area contributed by atoms with E-state index < -0.39 is 0 Å². The lowest BCUT2D eigenvalue weighted by atomic mass is 9.82. The highest BCUT2D eigenvalue weighted by molar-refractivity contribution is 5.93. The van der Waals surface area contributed by atoms with Gasteiger partial charge in [0.1, 0.15) is 0 Å². The van der Waals surface area contributed by atoms with E-state index in [0.717, 1.165) is 26.1 Å². The molecule has 1 aromatic heterocycles. The molecule has 1 amide bonds. The van der Waals surface area contributed by atoms with E-state index in [1.807, 2.05) is 0 Å². The molecule has 0 atom stereocenters. The molecular formula is C11H17N3O2. The number of carbonyl (C=O) groups excluding carboxylic acids is 1.